The van der Waals surface area contributed by atoms with Gasteiger partial charge in [0.15, 0.2) is 5.65 Å². The van der Waals surface area contributed by atoms with Crippen molar-refractivity contribution in [1.82, 2.24) is 19.4 Å². The second kappa shape index (κ2) is 7.19. The van der Waals surface area contributed by atoms with Gasteiger partial charge in [-0.2, -0.15) is 9.61 Å². The Bertz CT molecular complexity index is 1060. The van der Waals surface area contributed by atoms with Gasteiger partial charge in [0.25, 0.3) is 0 Å². The van der Waals surface area contributed by atoms with Crippen LogP contribution in [0.2, 0.25) is 0 Å². The number of hydrogen-bond acceptors (Lipinski definition) is 5. The summed E-state index contributed by atoms with van der Waals surface area (Å²) in [6, 6.07) is 9.27. The number of carbonyl (C=O) groups is 1. The average Bonchev–Trinajstić information content (AvgIpc) is 2.86. The maximum Gasteiger partial charge on any atom is 0.367 e. The third kappa shape index (κ3) is 4.39. The van der Waals surface area contributed by atoms with Crippen LogP contribution in [0.5, 0.6) is 0 Å². The number of amides is 1. The average molecular weight is 385 g/mol. The van der Waals surface area contributed by atoms with E-state index in [0.717, 1.165) is 26.5 Å². The van der Waals surface area contributed by atoms with Crippen molar-refractivity contribution >= 4 is 29.0 Å². The monoisotopic (exact) mass is 385 g/mol. The Kier molecular flexibility index (Phi) is 5.10. The topological polar surface area (TPSA) is 81.3 Å². The summed E-state index contributed by atoms with van der Waals surface area (Å²) in [5, 5.41) is 12.1. The van der Waals surface area contributed by atoms with Crippen LogP contribution in [0.25, 0.3) is 5.65 Å². The molecule has 2 aromatic heterocycles. The van der Waals surface area contributed by atoms with Crippen molar-refractivity contribution in [3.8, 4) is 0 Å². The van der Waals surface area contributed by atoms with E-state index in [1.807, 2.05) is 38.1 Å². The minimum Gasteiger partial charge on any atom is -0.324 e. The molecule has 1 aromatic carbocycles. The lowest BCUT2D eigenvalue weighted by molar-refractivity contribution is -0.117. The number of thioether (sulfide) groups is 1. The number of nitrogens with zero attached hydrogens (tertiary/aromatic N) is 4. The molecule has 0 radical (unpaired) electrons. The van der Waals surface area contributed by atoms with Crippen molar-refractivity contribution < 1.29 is 4.79 Å². The summed E-state index contributed by atoms with van der Waals surface area (Å²) in [5.74, 6) is -0.307. The Labute approximate surface area is 161 Å². The van der Waals surface area contributed by atoms with Crippen LogP contribution in [0.1, 0.15) is 31.9 Å². The highest BCUT2D eigenvalue weighted by Gasteiger charge is 2.16. The van der Waals surface area contributed by atoms with Gasteiger partial charge in [0.2, 0.25) is 5.91 Å². The Balaban J connectivity index is 1.82. The van der Waals surface area contributed by atoms with Crippen molar-refractivity contribution in [3.63, 3.8) is 0 Å². The van der Waals surface area contributed by atoms with E-state index >= 15 is 0 Å². The molecule has 0 unspecified atom stereocenters. The van der Waals surface area contributed by atoms with Gasteiger partial charge in [-0.15, -0.1) is 5.10 Å². The first-order chi connectivity index (χ1) is 12.6. The van der Waals surface area contributed by atoms with Crippen molar-refractivity contribution in [1.29, 1.82) is 0 Å². The molecule has 3 rings (SSSR count). The molecule has 1 N–H and O–H groups in total. The lowest BCUT2D eigenvalue weighted by Crippen LogP contribution is -2.29. The summed E-state index contributed by atoms with van der Waals surface area (Å²) in [5.41, 5.74) is 2.80. The maximum atomic E-state index is 12.6. The molecule has 2 heterocycles. The number of carbonyl (C=O) groups excluding carboxylic acids is 1. The zero-order valence-electron chi connectivity index (χ0n) is 16.1. The second-order valence-corrected chi connectivity index (χ2v) is 9.24. The first kappa shape index (κ1) is 19.2. The number of hydrogen-bond donors (Lipinski definition) is 1. The molecule has 0 bridgehead atoms. The smallest absolute Gasteiger partial charge is 0.324 e. The summed E-state index contributed by atoms with van der Waals surface area (Å²) >= 11 is 1.57. The van der Waals surface area contributed by atoms with Crippen LogP contribution in [0.15, 0.2) is 40.2 Å². The number of nitrogens with one attached hydrogen (secondary N) is 1. The number of aryl methyl sites for hydroxylation is 1. The second-order valence-electron chi connectivity index (χ2n) is 7.39. The number of anilines is 1. The third-order valence-electron chi connectivity index (χ3n) is 4.00. The van der Waals surface area contributed by atoms with Gasteiger partial charge in [-0.3, -0.25) is 4.79 Å². The van der Waals surface area contributed by atoms with Crippen molar-refractivity contribution in [2.24, 2.45) is 0 Å². The van der Waals surface area contributed by atoms with Crippen molar-refractivity contribution in [3.05, 3.63) is 51.9 Å². The fraction of sp³-hybridized carbons (Fsp3) is 0.368. The van der Waals surface area contributed by atoms with Gasteiger partial charge in [0.05, 0.1) is 0 Å². The molecule has 27 heavy (non-hydrogen) atoms. The fourth-order valence-electron chi connectivity index (χ4n) is 2.58. The van der Waals surface area contributed by atoms with E-state index in [0.29, 0.717) is 5.65 Å². The molecule has 0 aliphatic carbocycles. The number of aromatic nitrogens is 4. The first-order valence-electron chi connectivity index (χ1n) is 8.66. The van der Waals surface area contributed by atoms with Gasteiger partial charge in [0.1, 0.15) is 11.6 Å². The minimum absolute atomic E-state index is 0.0220. The van der Waals surface area contributed by atoms with E-state index in [1.54, 1.807) is 17.8 Å². The summed E-state index contributed by atoms with van der Waals surface area (Å²) in [6.07, 6.45) is 0. The van der Waals surface area contributed by atoms with E-state index < -0.39 is 5.69 Å². The Morgan fingerprint density at radius 3 is 2.59 bits per heavy atom. The quantitative estimate of drug-likeness (QED) is 0.698. The largest absolute Gasteiger partial charge is 0.367 e. The zero-order valence-corrected chi connectivity index (χ0v) is 16.9. The fourth-order valence-corrected chi connectivity index (χ4v) is 3.46. The van der Waals surface area contributed by atoms with Crippen LogP contribution >= 0.6 is 11.8 Å². The van der Waals surface area contributed by atoms with Crippen LogP contribution in [0, 0.1) is 13.8 Å². The number of benzene rings is 1. The van der Waals surface area contributed by atoms with E-state index in [1.165, 1.54) is 4.52 Å². The molecule has 0 atom stereocenters. The van der Waals surface area contributed by atoms with Gasteiger partial charge < -0.3 is 5.32 Å². The molecule has 0 spiro atoms. The number of fused-ring (bicyclic) bond motifs is 1. The van der Waals surface area contributed by atoms with E-state index in [9.17, 15) is 9.59 Å². The summed E-state index contributed by atoms with van der Waals surface area (Å²) in [6.45, 7) is 9.99. The predicted molar refractivity (Wildman–Crippen MR) is 107 cm³/mol. The van der Waals surface area contributed by atoms with E-state index in [4.69, 9.17) is 0 Å². The van der Waals surface area contributed by atoms with Gasteiger partial charge >= 0.3 is 5.69 Å². The lowest BCUT2D eigenvalue weighted by Gasteiger charge is -2.16. The van der Waals surface area contributed by atoms with Gasteiger partial charge in [0, 0.05) is 10.4 Å². The maximum absolute atomic E-state index is 12.6. The van der Waals surface area contributed by atoms with Crippen molar-refractivity contribution in [2.45, 2.75) is 50.9 Å². The number of rotatable bonds is 4. The van der Waals surface area contributed by atoms with Crippen LogP contribution < -0.4 is 11.0 Å². The van der Waals surface area contributed by atoms with Gasteiger partial charge in [-0.25, -0.2) is 9.48 Å². The molecule has 0 aliphatic heterocycles. The highest BCUT2D eigenvalue weighted by molar-refractivity contribution is 8.00. The summed E-state index contributed by atoms with van der Waals surface area (Å²) in [4.78, 5) is 25.0. The standard InChI is InChI=1S/C19H23N5O2S/c1-12-7-6-8-14(13(12)2)20-16(25)11-23-18(26)24-15(21-23)9-10-17(22-24)27-19(3,4)5/h6-10H,11H2,1-5H3,(H,20,25). The molecule has 0 saturated heterocycles. The normalized spacial score (nSPS) is 11.7. The van der Waals surface area contributed by atoms with Crippen molar-refractivity contribution in [2.75, 3.05) is 5.32 Å². The minimum atomic E-state index is -0.433. The SMILES string of the molecule is Cc1cccc(NC(=O)Cn2nc3ccc(SC(C)(C)C)nn3c2=O)c1C. The molecule has 3 aromatic rings. The molecule has 7 nitrogen and oxygen atoms in total. The zero-order chi connectivity index (χ0) is 19.8. The first-order valence-corrected chi connectivity index (χ1v) is 9.48. The molecule has 1 amide bonds. The summed E-state index contributed by atoms with van der Waals surface area (Å²) < 4.78 is 2.35. The van der Waals surface area contributed by atoms with Crippen LogP contribution in [-0.4, -0.2) is 30.0 Å². The highest BCUT2D eigenvalue weighted by atomic mass is 32.2. The molecule has 0 saturated carbocycles. The van der Waals surface area contributed by atoms with E-state index in [2.05, 4.69) is 36.3 Å². The Morgan fingerprint density at radius 1 is 1.15 bits per heavy atom. The van der Waals surface area contributed by atoms with Crippen LogP contribution in [0.3, 0.4) is 0 Å². The molecular formula is C19H23N5O2S. The van der Waals surface area contributed by atoms with Crippen LogP contribution in [-0.2, 0) is 11.3 Å². The predicted octanol–water partition coefficient (Wildman–Crippen LogP) is 3.04. The summed E-state index contributed by atoms with van der Waals surface area (Å²) in [7, 11) is 0. The molecule has 0 fully saturated rings. The van der Waals surface area contributed by atoms with E-state index in [-0.39, 0.29) is 17.2 Å². The highest BCUT2D eigenvalue weighted by Crippen LogP contribution is 2.29. The molecular weight excluding hydrogens is 362 g/mol. The Hall–Kier alpha value is -2.61. The third-order valence-corrected chi connectivity index (χ3v) is 5.04. The molecule has 142 valence electrons. The molecule has 0 aliphatic rings. The van der Waals surface area contributed by atoms with Gasteiger partial charge in [-0.05, 0) is 43.2 Å². The lowest BCUT2D eigenvalue weighted by atomic mass is 10.1. The van der Waals surface area contributed by atoms with Crippen LogP contribution in [0.4, 0.5) is 5.69 Å². The van der Waals surface area contributed by atoms with Gasteiger partial charge in [-0.1, -0.05) is 44.7 Å². The Morgan fingerprint density at radius 2 is 1.89 bits per heavy atom. The molecule has 8 heteroatoms.